The average molecular weight is 704 g/mol. The highest BCUT2D eigenvalue weighted by atomic mass is 32.2. The van der Waals surface area contributed by atoms with Gasteiger partial charge in [-0.15, -0.1) is 11.3 Å². The van der Waals surface area contributed by atoms with Gasteiger partial charge in [0, 0.05) is 34.3 Å². The molecule has 4 N–H and O–H groups in total. The van der Waals surface area contributed by atoms with Crippen LogP contribution in [0.15, 0.2) is 53.4 Å². The number of carbonyl (C=O) groups excluding carboxylic acids is 1. The van der Waals surface area contributed by atoms with Crippen LogP contribution < -0.4 is 10.6 Å². The highest BCUT2D eigenvalue weighted by Crippen LogP contribution is 2.29. The summed E-state index contributed by atoms with van der Waals surface area (Å²) in [5.74, 6) is 0. The Morgan fingerprint density at radius 2 is 1.40 bits per heavy atom. The van der Waals surface area contributed by atoms with E-state index in [0.29, 0.717) is 30.1 Å². The predicted octanol–water partition coefficient (Wildman–Crippen LogP) is 6.74. The first-order chi connectivity index (χ1) is 22.2. The van der Waals surface area contributed by atoms with E-state index < -0.39 is 45.5 Å². The smallest absolute Gasteiger partial charge is 0.413 e. The molecule has 1 heterocycles. The number of rotatable bonds is 12. The quantitative estimate of drug-likeness (QED) is 0.148. The van der Waals surface area contributed by atoms with Crippen molar-refractivity contribution >= 4 is 50.3 Å². The number of aryl methyl sites for hydroxylation is 2. The first kappa shape index (κ1) is 38.1. The lowest BCUT2D eigenvalue weighted by Crippen LogP contribution is -2.66. The molecule has 13 nitrogen and oxygen atoms in total. The number of nitrogens with zero attached hydrogens (tertiary/aromatic N) is 3. The number of sulfone groups is 1. The topological polar surface area (TPSA) is 178 Å². The van der Waals surface area contributed by atoms with Crippen molar-refractivity contribution < 1.29 is 37.8 Å². The van der Waals surface area contributed by atoms with E-state index in [9.17, 15) is 33.0 Å². The number of thiazole rings is 1. The number of amides is 3. The highest BCUT2D eigenvalue weighted by molar-refractivity contribution is 7.90. The predicted molar refractivity (Wildman–Crippen MR) is 186 cm³/mol. The van der Waals surface area contributed by atoms with Gasteiger partial charge in [-0.05, 0) is 96.7 Å². The molecule has 0 fully saturated rings. The van der Waals surface area contributed by atoms with Crippen molar-refractivity contribution in [3.8, 4) is 0 Å². The molecule has 48 heavy (non-hydrogen) atoms. The minimum atomic E-state index is -3.33. The van der Waals surface area contributed by atoms with Crippen molar-refractivity contribution in [2.75, 3.05) is 23.5 Å². The summed E-state index contributed by atoms with van der Waals surface area (Å²) in [5, 5.41) is 26.4. The molecule has 0 aliphatic carbocycles. The van der Waals surface area contributed by atoms with Crippen molar-refractivity contribution in [3.05, 3.63) is 70.2 Å². The zero-order chi connectivity index (χ0) is 36.0. The molecule has 3 amide bonds. The zero-order valence-corrected chi connectivity index (χ0v) is 30.2. The van der Waals surface area contributed by atoms with Crippen molar-refractivity contribution in [1.82, 2.24) is 14.8 Å². The highest BCUT2D eigenvalue weighted by Gasteiger charge is 2.43. The fraction of sp³-hybridized carbons (Fsp3) is 0.455. The van der Waals surface area contributed by atoms with Crippen LogP contribution in [0.3, 0.4) is 0 Å². The fourth-order valence-electron chi connectivity index (χ4n) is 5.01. The molecule has 0 saturated carbocycles. The van der Waals surface area contributed by atoms with Gasteiger partial charge in [-0.3, -0.25) is 15.1 Å². The van der Waals surface area contributed by atoms with E-state index in [1.165, 1.54) is 11.3 Å². The molecule has 262 valence electrons. The Kier molecular flexibility index (Phi) is 12.1. The Morgan fingerprint density at radius 1 is 0.875 bits per heavy atom. The standard InChI is InChI=1S/C33H45N5O8S2/c1-9-46-29(39)36-27-35-25(26(47-27)20-22-12-17-24(18-13-22)48(8,44)45)19-14-21-10-15-23(16-11-21)34-28(37(30(40)41)32(2,3)4)38(31(42)43)33(5,6)7/h10-13,15-18,28,34H,9,14,19-20H2,1-8H3,(H,40,41)(H,42,43)(H,35,36,39). The largest absolute Gasteiger partial charge is 0.465 e. The summed E-state index contributed by atoms with van der Waals surface area (Å²) in [6.45, 7) is 12.1. The van der Waals surface area contributed by atoms with Gasteiger partial charge in [0.05, 0.1) is 17.2 Å². The van der Waals surface area contributed by atoms with Gasteiger partial charge >= 0.3 is 18.3 Å². The lowest BCUT2D eigenvalue weighted by molar-refractivity contribution is -0.0175. The molecule has 0 atom stereocenters. The van der Waals surface area contributed by atoms with E-state index in [-0.39, 0.29) is 11.5 Å². The number of benzene rings is 2. The van der Waals surface area contributed by atoms with E-state index in [2.05, 4.69) is 15.6 Å². The van der Waals surface area contributed by atoms with Crippen molar-refractivity contribution in [2.45, 2.75) is 90.0 Å². The van der Waals surface area contributed by atoms with E-state index in [1.54, 1.807) is 84.9 Å². The van der Waals surface area contributed by atoms with Crippen molar-refractivity contribution in [2.24, 2.45) is 0 Å². The van der Waals surface area contributed by atoms with Gasteiger partial charge in [-0.1, -0.05) is 24.3 Å². The average Bonchev–Trinajstić information content (AvgIpc) is 3.31. The maximum atomic E-state index is 12.4. The molecular weight excluding hydrogens is 659 g/mol. The Morgan fingerprint density at radius 3 is 1.85 bits per heavy atom. The van der Waals surface area contributed by atoms with E-state index in [1.807, 2.05) is 12.1 Å². The van der Waals surface area contributed by atoms with E-state index in [0.717, 1.165) is 37.8 Å². The van der Waals surface area contributed by atoms with Crippen LogP contribution in [0.5, 0.6) is 0 Å². The Labute approximate surface area is 285 Å². The first-order valence-electron chi connectivity index (χ1n) is 15.3. The third kappa shape index (κ3) is 10.3. The molecule has 0 saturated heterocycles. The van der Waals surface area contributed by atoms with Crippen LogP contribution in [-0.2, 0) is 33.8 Å². The van der Waals surface area contributed by atoms with Crippen LogP contribution in [0.4, 0.5) is 25.2 Å². The minimum Gasteiger partial charge on any atom is -0.465 e. The second-order valence-corrected chi connectivity index (χ2v) is 16.3. The van der Waals surface area contributed by atoms with Crippen LogP contribution in [0.25, 0.3) is 0 Å². The Balaban J connectivity index is 1.85. The minimum absolute atomic E-state index is 0.213. The van der Waals surface area contributed by atoms with E-state index >= 15 is 0 Å². The van der Waals surface area contributed by atoms with Crippen LogP contribution in [0.2, 0.25) is 0 Å². The first-order valence-corrected chi connectivity index (χ1v) is 18.0. The molecule has 2 aromatic carbocycles. The maximum Gasteiger partial charge on any atom is 0.413 e. The molecule has 0 aliphatic heterocycles. The third-order valence-electron chi connectivity index (χ3n) is 7.23. The van der Waals surface area contributed by atoms with Crippen molar-refractivity contribution in [1.29, 1.82) is 0 Å². The van der Waals surface area contributed by atoms with E-state index in [4.69, 9.17) is 4.74 Å². The lowest BCUT2D eigenvalue weighted by Gasteiger charge is -2.48. The molecule has 0 aliphatic rings. The molecule has 15 heteroatoms. The number of carbonyl (C=O) groups is 3. The number of carboxylic acid groups (broad SMARTS) is 2. The third-order valence-corrected chi connectivity index (χ3v) is 9.37. The lowest BCUT2D eigenvalue weighted by atomic mass is 10.0. The van der Waals surface area contributed by atoms with Gasteiger partial charge in [0.25, 0.3) is 0 Å². The van der Waals surface area contributed by atoms with Crippen LogP contribution in [-0.4, -0.2) is 81.9 Å². The molecular formula is C33H45N5O8S2. The summed E-state index contributed by atoms with van der Waals surface area (Å²) in [6, 6.07) is 13.9. The molecule has 1 aromatic heterocycles. The summed E-state index contributed by atoms with van der Waals surface area (Å²) in [4.78, 5) is 44.8. The Hall–Kier alpha value is -4.37. The number of anilines is 2. The number of hydrogen-bond acceptors (Lipinski definition) is 9. The van der Waals surface area contributed by atoms with Gasteiger partial charge in [0.2, 0.25) is 0 Å². The van der Waals surface area contributed by atoms with Crippen LogP contribution in [0.1, 0.15) is 70.2 Å². The normalized spacial score (nSPS) is 12.0. The number of aromatic nitrogens is 1. The molecule has 0 spiro atoms. The molecule has 3 rings (SSSR count). The van der Waals surface area contributed by atoms with Gasteiger partial charge in [0.1, 0.15) is 0 Å². The van der Waals surface area contributed by atoms with Gasteiger partial charge in [-0.2, -0.15) is 0 Å². The number of hydrogen-bond donors (Lipinski definition) is 4. The van der Waals surface area contributed by atoms with Gasteiger partial charge in [-0.25, -0.2) is 27.8 Å². The Bertz CT molecular complexity index is 1660. The molecule has 0 bridgehead atoms. The van der Waals surface area contributed by atoms with Crippen LogP contribution >= 0.6 is 11.3 Å². The fourth-order valence-corrected chi connectivity index (χ4v) is 6.66. The monoisotopic (exact) mass is 703 g/mol. The number of ether oxygens (including phenoxy) is 1. The van der Waals surface area contributed by atoms with Gasteiger partial charge < -0.3 is 20.3 Å². The second kappa shape index (κ2) is 15.2. The maximum absolute atomic E-state index is 12.4. The second-order valence-electron chi connectivity index (χ2n) is 13.2. The van der Waals surface area contributed by atoms with Crippen LogP contribution in [0, 0.1) is 0 Å². The number of nitrogens with one attached hydrogen (secondary N) is 2. The summed E-state index contributed by atoms with van der Waals surface area (Å²) < 4.78 is 28.8. The molecule has 3 aromatic rings. The zero-order valence-electron chi connectivity index (χ0n) is 28.5. The SMILES string of the molecule is CCOC(=O)Nc1nc(CCc2ccc(NC(N(C(=O)O)C(C)(C)C)N(C(=O)O)C(C)(C)C)cc2)c(Cc2ccc(S(C)(=O)=O)cc2)s1. The molecule has 0 unspecified atom stereocenters. The van der Waals surface area contributed by atoms with Gasteiger partial charge in [0.15, 0.2) is 21.3 Å². The summed E-state index contributed by atoms with van der Waals surface area (Å²) in [7, 11) is -3.33. The summed E-state index contributed by atoms with van der Waals surface area (Å²) in [6.07, 6.45) is -1.62. The molecule has 0 radical (unpaired) electrons. The summed E-state index contributed by atoms with van der Waals surface area (Å²) in [5.41, 5.74) is 1.28. The van der Waals surface area contributed by atoms with Crippen molar-refractivity contribution in [3.63, 3.8) is 0 Å². The summed E-state index contributed by atoms with van der Waals surface area (Å²) >= 11 is 1.32.